The van der Waals surface area contributed by atoms with Crippen LogP contribution in [0.15, 0.2) is 27.8 Å². The van der Waals surface area contributed by atoms with Crippen molar-refractivity contribution in [3.05, 3.63) is 24.2 Å². The van der Waals surface area contributed by atoms with E-state index in [-0.39, 0.29) is 36.1 Å². The minimum Gasteiger partial charge on any atom is -0.468 e. The second-order valence-corrected chi connectivity index (χ2v) is 6.36. The molecule has 3 N–H and O–H groups in total. The molecule has 1 heterocycles. The van der Waals surface area contributed by atoms with E-state index in [1.807, 2.05) is 26.2 Å². The van der Waals surface area contributed by atoms with Crippen LogP contribution in [0.1, 0.15) is 44.4 Å². The fraction of sp³-hybridized carbons (Fsp3) is 0.706. The van der Waals surface area contributed by atoms with Gasteiger partial charge in [0.2, 0.25) is 0 Å². The predicted octanol–water partition coefficient (Wildman–Crippen LogP) is 2.36. The molecule has 1 unspecified atom stereocenters. The predicted molar refractivity (Wildman–Crippen MR) is 108 cm³/mol. The van der Waals surface area contributed by atoms with Crippen molar-refractivity contribution in [3.8, 4) is 0 Å². The zero-order chi connectivity index (χ0) is 16.7. The molecule has 0 radical (unpaired) electrons. The van der Waals surface area contributed by atoms with Crippen molar-refractivity contribution in [3.63, 3.8) is 0 Å². The topological polar surface area (TPSA) is 73.0 Å². The molecule has 0 amide bonds. The molecule has 6 nitrogen and oxygen atoms in total. The minimum atomic E-state index is -0.135. The Bertz CT molecular complexity index is 471. The van der Waals surface area contributed by atoms with E-state index in [4.69, 9.17) is 9.41 Å². The van der Waals surface area contributed by atoms with E-state index in [0.717, 1.165) is 43.9 Å². The summed E-state index contributed by atoms with van der Waals surface area (Å²) in [5.74, 6) is 1.77. The number of nitrogens with zero attached hydrogens (tertiary/aromatic N) is 2. The number of aliphatic hydroxyl groups is 1. The Morgan fingerprint density at radius 1 is 1.38 bits per heavy atom. The molecule has 1 atom stereocenters. The number of aliphatic hydroxyl groups excluding tert-OH is 1. The van der Waals surface area contributed by atoms with Gasteiger partial charge in [-0.1, -0.05) is 0 Å². The third-order valence-corrected chi connectivity index (χ3v) is 4.30. The number of hydrogen-bond acceptors (Lipinski definition) is 4. The van der Waals surface area contributed by atoms with Crippen LogP contribution in [0.2, 0.25) is 0 Å². The molecule has 1 aromatic heterocycles. The smallest absolute Gasteiger partial charge is 0.191 e. The van der Waals surface area contributed by atoms with E-state index in [2.05, 4.69) is 22.5 Å². The minimum absolute atomic E-state index is 0. The number of guanidine groups is 1. The maximum Gasteiger partial charge on any atom is 0.191 e. The molecule has 0 bridgehead atoms. The number of halogens is 1. The molecule has 1 aliphatic carbocycles. The molecule has 1 fully saturated rings. The van der Waals surface area contributed by atoms with Gasteiger partial charge in [-0.2, -0.15) is 0 Å². The number of likely N-dealkylation sites (N-methyl/N-ethyl adjacent to an activating group) is 1. The molecule has 1 saturated carbocycles. The van der Waals surface area contributed by atoms with Crippen molar-refractivity contribution >= 4 is 29.9 Å². The van der Waals surface area contributed by atoms with Crippen LogP contribution in [0.5, 0.6) is 0 Å². The second kappa shape index (κ2) is 10.9. The standard InChI is InChI=1S/C17H30N4O2.HI/c1-4-18-17(20-13-7-9-14(22)10-8-13)19-12-15(21(2)3)16-6-5-11-23-16;/h5-6,11,13-15,22H,4,7-10,12H2,1-3H3,(H2,18,19,20);1H. The van der Waals surface area contributed by atoms with Crippen LogP contribution >= 0.6 is 24.0 Å². The Morgan fingerprint density at radius 3 is 2.62 bits per heavy atom. The van der Waals surface area contributed by atoms with Crippen LogP contribution in [-0.4, -0.2) is 55.3 Å². The first kappa shape index (κ1) is 21.2. The van der Waals surface area contributed by atoms with Crippen LogP contribution in [0, 0.1) is 0 Å². The van der Waals surface area contributed by atoms with Gasteiger partial charge in [0, 0.05) is 12.6 Å². The lowest BCUT2D eigenvalue weighted by atomic mass is 9.93. The van der Waals surface area contributed by atoms with Crippen LogP contribution in [0.3, 0.4) is 0 Å². The van der Waals surface area contributed by atoms with E-state index in [9.17, 15) is 5.11 Å². The summed E-state index contributed by atoms with van der Waals surface area (Å²) in [5, 5.41) is 16.4. The van der Waals surface area contributed by atoms with Gasteiger partial charge in [-0.25, -0.2) is 0 Å². The van der Waals surface area contributed by atoms with Crippen molar-refractivity contribution in [1.29, 1.82) is 0 Å². The summed E-state index contributed by atoms with van der Waals surface area (Å²) in [4.78, 5) is 6.85. The molecule has 1 aliphatic rings. The molecule has 0 saturated heterocycles. The summed E-state index contributed by atoms with van der Waals surface area (Å²) in [5.41, 5.74) is 0. The maximum absolute atomic E-state index is 9.62. The molecule has 2 rings (SSSR count). The van der Waals surface area contributed by atoms with Gasteiger partial charge in [-0.15, -0.1) is 24.0 Å². The van der Waals surface area contributed by atoms with Crippen molar-refractivity contribution in [2.24, 2.45) is 4.99 Å². The Balaban J connectivity index is 0.00000288. The van der Waals surface area contributed by atoms with Gasteiger partial charge in [0.1, 0.15) is 5.76 Å². The Kier molecular flexibility index (Phi) is 9.68. The highest BCUT2D eigenvalue weighted by Crippen LogP contribution is 2.20. The molecule has 0 spiro atoms. The quantitative estimate of drug-likeness (QED) is 0.353. The SMILES string of the molecule is CCNC(=NCC(c1ccco1)N(C)C)NC1CCC(O)CC1.I. The van der Waals surface area contributed by atoms with Crippen LogP contribution in [0.25, 0.3) is 0 Å². The fourth-order valence-electron chi connectivity index (χ4n) is 2.90. The number of rotatable bonds is 6. The van der Waals surface area contributed by atoms with E-state index < -0.39 is 0 Å². The van der Waals surface area contributed by atoms with E-state index in [0.29, 0.717) is 12.6 Å². The van der Waals surface area contributed by atoms with Gasteiger partial charge in [0.15, 0.2) is 5.96 Å². The normalized spacial score (nSPS) is 22.8. The zero-order valence-electron chi connectivity index (χ0n) is 14.9. The summed E-state index contributed by atoms with van der Waals surface area (Å²) in [6, 6.07) is 4.40. The molecule has 1 aromatic rings. The Morgan fingerprint density at radius 2 is 2.08 bits per heavy atom. The molecule has 0 aliphatic heterocycles. The van der Waals surface area contributed by atoms with Gasteiger partial charge in [0.05, 0.1) is 25.0 Å². The maximum atomic E-state index is 9.62. The fourth-order valence-corrected chi connectivity index (χ4v) is 2.90. The number of furan rings is 1. The van der Waals surface area contributed by atoms with Gasteiger partial charge < -0.3 is 20.2 Å². The second-order valence-electron chi connectivity index (χ2n) is 6.36. The molecule has 24 heavy (non-hydrogen) atoms. The first-order chi connectivity index (χ1) is 11.1. The van der Waals surface area contributed by atoms with Crippen molar-refractivity contribution < 1.29 is 9.52 Å². The summed E-state index contributed by atoms with van der Waals surface area (Å²) in [6.45, 7) is 3.53. The average molecular weight is 450 g/mol. The molecular weight excluding hydrogens is 419 g/mol. The van der Waals surface area contributed by atoms with Crippen LogP contribution < -0.4 is 10.6 Å². The van der Waals surface area contributed by atoms with Crippen LogP contribution in [-0.2, 0) is 0 Å². The average Bonchev–Trinajstić information content (AvgIpc) is 3.03. The van der Waals surface area contributed by atoms with Crippen LogP contribution in [0.4, 0.5) is 0 Å². The van der Waals surface area contributed by atoms with Crippen molar-refractivity contribution in [2.75, 3.05) is 27.2 Å². The number of hydrogen-bond donors (Lipinski definition) is 3. The third kappa shape index (κ3) is 6.60. The highest BCUT2D eigenvalue weighted by Gasteiger charge is 2.21. The monoisotopic (exact) mass is 450 g/mol. The van der Waals surface area contributed by atoms with E-state index in [1.165, 1.54) is 0 Å². The first-order valence-electron chi connectivity index (χ1n) is 8.53. The summed E-state index contributed by atoms with van der Waals surface area (Å²) in [6.07, 6.45) is 5.27. The number of nitrogens with one attached hydrogen (secondary N) is 2. The number of aliphatic imine (C=N–C) groups is 1. The first-order valence-corrected chi connectivity index (χ1v) is 8.53. The molecule has 0 aromatic carbocycles. The molecule has 7 heteroatoms. The largest absolute Gasteiger partial charge is 0.468 e. The van der Waals surface area contributed by atoms with E-state index >= 15 is 0 Å². The summed E-state index contributed by atoms with van der Waals surface area (Å²) in [7, 11) is 4.07. The lowest BCUT2D eigenvalue weighted by Crippen LogP contribution is -2.45. The summed E-state index contributed by atoms with van der Waals surface area (Å²) >= 11 is 0. The molecular formula is C17H31IN4O2. The zero-order valence-corrected chi connectivity index (χ0v) is 17.2. The van der Waals surface area contributed by atoms with Gasteiger partial charge in [-0.3, -0.25) is 9.89 Å². The Hall–Kier alpha value is -0.800. The van der Waals surface area contributed by atoms with Gasteiger partial charge in [-0.05, 0) is 58.8 Å². The van der Waals surface area contributed by atoms with E-state index in [1.54, 1.807) is 6.26 Å². The lowest BCUT2D eigenvalue weighted by Gasteiger charge is -2.28. The highest BCUT2D eigenvalue weighted by atomic mass is 127. The van der Waals surface area contributed by atoms with Gasteiger partial charge in [0.25, 0.3) is 0 Å². The lowest BCUT2D eigenvalue weighted by molar-refractivity contribution is 0.120. The molecule has 138 valence electrons. The summed E-state index contributed by atoms with van der Waals surface area (Å²) < 4.78 is 5.53. The van der Waals surface area contributed by atoms with Crippen molar-refractivity contribution in [2.45, 2.75) is 50.8 Å². The Labute approximate surface area is 162 Å². The van der Waals surface area contributed by atoms with Gasteiger partial charge >= 0.3 is 0 Å². The van der Waals surface area contributed by atoms with Crippen molar-refractivity contribution in [1.82, 2.24) is 15.5 Å². The third-order valence-electron chi connectivity index (χ3n) is 4.30. The highest BCUT2D eigenvalue weighted by molar-refractivity contribution is 14.0.